The van der Waals surface area contributed by atoms with Gasteiger partial charge >= 0.3 is 5.97 Å². The molecule has 7 nitrogen and oxygen atoms in total. The number of ether oxygens (including phenoxy) is 3. The first-order valence-corrected chi connectivity index (χ1v) is 10.6. The summed E-state index contributed by atoms with van der Waals surface area (Å²) in [5, 5.41) is 3.89. The first-order chi connectivity index (χ1) is 14.9. The Morgan fingerprint density at radius 1 is 1.23 bits per heavy atom. The monoisotopic (exact) mass is 460 g/mol. The molecule has 162 valence electrons. The second kappa shape index (κ2) is 10.4. The summed E-state index contributed by atoms with van der Waals surface area (Å²) in [5.41, 5.74) is 2.38. The van der Waals surface area contributed by atoms with Gasteiger partial charge in [0.05, 0.1) is 24.3 Å². The molecule has 0 spiro atoms. The summed E-state index contributed by atoms with van der Waals surface area (Å²) in [7, 11) is 1.50. The van der Waals surface area contributed by atoms with Crippen molar-refractivity contribution in [1.29, 1.82) is 0 Å². The molecule has 2 aromatic rings. The Balaban J connectivity index is 1.75. The van der Waals surface area contributed by atoms with Crippen LogP contribution in [-0.2, 0) is 14.3 Å². The molecule has 0 saturated carbocycles. The Bertz CT molecular complexity index is 1070. The molecule has 1 N–H and O–H groups in total. The van der Waals surface area contributed by atoms with E-state index in [1.54, 1.807) is 43.3 Å². The SMILES string of the molecule is CCOC(=O)COc1ccc(/C=C2\SC(=Nc3ccc(Cl)cc3C)NC2=O)cc1OC. The topological polar surface area (TPSA) is 86.2 Å². The van der Waals surface area contributed by atoms with Gasteiger partial charge in [0, 0.05) is 5.02 Å². The number of amides is 1. The van der Waals surface area contributed by atoms with Crippen LogP contribution >= 0.6 is 23.4 Å². The lowest BCUT2D eigenvalue weighted by Crippen LogP contribution is -2.19. The summed E-state index contributed by atoms with van der Waals surface area (Å²) < 4.78 is 15.7. The zero-order chi connectivity index (χ0) is 22.4. The molecule has 0 bridgehead atoms. The van der Waals surface area contributed by atoms with Gasteiger partial charge in [-0.25, -0.2) is 9.79 Å². The predicted molar refractivity (Wildman–Crippen MR) is 122 cm³/mol. The molecule has 1 aliphatic heterocycles. The van der Waals surface area contributed by atoms with Crippen molar-refractivity contribution in [1.82, 2.24) is 5.32 Å². The Kier molecular flexibility index (Phi) is 7.59. The van der Waals surface area contributed by atoms with Crippen LogP contribution in [0.2, 0.25) is 5.02 Å². The fourth-order valence-electron chi connectivity index (χ4n) is 2.72. The number of nitrogens with one attached hydrogen (secondary N) is 1. The molecule has 0 radical (unpaired) electrons. The van der Waals surface area contributed by atoms with Crippen LogP contribution in [0.5, 0.6) is 11.5 Å². The zero-order valence-electron chi connectivity index (χ0n) is 17.2. The summed E-state index contributed by atoms with van der Waals surface area (Å²) in [6, 6.07) is 10.5. The van der Waals surface area contributed by atoms with E-state index in [0.29, 0.717) is 26.6 Å². The number of thioether (sulfide) groups is 1. The van der Waals surface area contributed by atoms with Gasteiger partial charge in [0.15, 0.2) is 23.3 Å². The van der Waals surface area contributed by atoms with Crippen molar-refractivity contribution in [3.8, 4) is 11.5 Å². The lowest BCUT2D eigenvalue weighted by molar-refractivity contribution is -0.145. The highest BCUT2D eigenvalue weighted by atomic mass is 35.5. The summed E-state index contributed by atoms with van der Waals surface area (Å²) >= 11 is 7.22. The van der Waals surface area contributed by atoms with Crippen molar-refractivity contribution >= 4 is 52.2 Å². The fraction of sp³-hybridized carbons (Fsp3) is 0.227. The number of rotatable bonds is 7. The summed E-state index contributed by atoms with van der Waals surface area (Å²) in [6.07, 6.45) is 1.73. The normalized spacial score (nSPS) is 15.8. The van der Waals surface area contributed by atoms with Crippen molar-refractivity contribution in [2.75, 3.05) is 20.3 Å². The van der Waals surface area contributed by atoms with Gasteiger partial charge in [-0.05, 0) is 73.1 Å². The molecular formula is C22H21ClN2O5S. The lowest BCUT2D eigenvalue weighted by atomic mass is 10.2. The number of hydrogen-bond donors (Lipinski definition) is 1. The van der Waals surface area contributed by atoms with E-state index in [-0.39, 0.29) is 19.1 Å². The number of nitrogens with zero attached hydrogens (tertiary/aromatic N) is 1. The maximum atomic E-state index is 12.4. The van der Waals surface area contributed by atoms with E-state index in [9.17, 15) is 9.59 Å². The van der Waals surface area contributed by atoms with Crippen LogP contribution in [0.3, 0.4) is 0 Å². The van der Waals surface area contributed by atoms with E-state index in [0.717, 1.165) is 16.8 Å². The van der Waals surface area contributed by atoms with Crippen molar-refractivity contribution in [2.24, 2.45) is 4.99 Å². The van der Waals surface area contributed by atoms with E-state index >= 15 is 0 Å². The van der Waals surface area contributed by atoms with Crippen molar-refractivity contribution in [3.63, 3.8) is 0 Å². The minimum absolute atomic E-state index is 0.215. The van der Waals surface area contributed by atoms with E-state index in [2.05, 4.69) is 10.3 Å². The van der Waals surface area contributed by atoms with Gasteiger partial charge < -0.3 is 19.5 Å². The van der Waals surface area contributed by atoms with Crippen LogP contribution in [0.1, 0.15) is 18.1 Å². The molecule has 0 unspecified atom stereocenters. The standard InChI is InChI=1S/C22H21ClN2O5S/c1-4-29-20(26)12-30-17-8-5-14(10-18(17)28-3)11-19-21(27)25-22(31-19)24-16-7-6-15(23)9-13(16)2/h5-11H,4,12H2,1-3H3,(H,24,25,27)/b19-11-. The van der Waals surface area contributed by atoms with Crippen molar-refractivity contribution in [3.05, 3.63) is 57.5 Å². The largest absolute Gasteiger partial charge is 0.493 e. The molecule has 0 aromatic heterocycles. The number of carbonyl (C=O) groups is 2. The molecule has 1 aliphatic rings. The fourth-order valence-corrected chi connectivity index (χ4v) is 3.78. The Morgan fingerprint density at radius 2 is 2.03 bits per heavy atom. The Morgan fingerprint density at radius 3 is 2.74 bits per heavy atom. The molecule has 1 amide bonds. The molecule has 1 saturated heterocycles. The number of aliphatic imine (C=N–C) groups is 1. The third-order valence-electron chi connectivity index (χ3n) is 4.17. The molecule has 0 atom stereocenters. The number of esters is 1. The summed E-state index contributed by atoms with van der Waals surface area (Å²) in [4.78, 5) is 28.9. The predicted octanol–water partition coefficient (Wildman–Crippen LogP) is 4.49. The number of amidine groups is 1. The highest BCUT2D eigenvalue weighted by molar-refractivity contribution is 8.18. The van der Waals surface area contributed by atoms with Crippen molar-refractivity contribution < 1.29 is 23.8 Å². The van der Waals surface area contributed by atoms with Gasteiger partial charge in [-0.2, -0.15) is 0 Å². The van der Waals surface area contributed by atoms with E-state index in [1.807, 2.05) is 13.0 Å². The molecule has 3 rings (SSSR count). The number of hydrogen-bond acceptors (Lipinski definition) is 7. The van der Waals surface area contributed by atoms with Gasteiger partial charge in [0.2, 0.25) is 0 Å². The van der Waals surface area contributed by atoms with Crippen LogP contribution in [0, 0.1) is 6.92 Å². The van der Waals surface area contributed by atoms with Gasteiger partial charge in [0.1, 0.15) is 0 Å². The lowest BCUT2D eigenvalue weighted by Gasteiger charge is -2.11. The van der Waals surface area contributed by atoms with Crippen molar-refractivity contribution in [2.45, 2.75) is 13.8 Å². The maximum Gasteiger partial charge on any atom is 0.344 e. The quantitative estimate of drug-likeness (QED) is 0.484. The van der Waals surface area contributed by atoms with Gasteiger partial charge in [-0.1, -0.05) is 17.7 Å². The molecule has 0 aliphatic carbocycles. The van der Waals surface area contributed by atoms with Crippen LogP contribution < -0.4 is 14.8 Å². The molecule has 1 fully saturated rings. The number of halogens is 1. The minimum Gasteiger partial charge on any atom is -0.493 e. The molecule has 1 heterocycles. The smallest absolute Gasteiger partial charge is 0.344 e. The number of methoxy groups -OCH3 is 1. The third kappa shape index (κ3) is 6.02. The van der Waals surface area contributed by atoms with E-state index in [4.69, 9.17) is 25.8 Å². The van der Waals surface area contributed by atoms with Crippen LogP contribution in [-0.4, -0.2) is 37.4 Å². The molecule has 2 aromatic carbocycles. The van der Waals surface area contributed by atoms with Crippen LogP contribution in [0.4, 0.5) is 5.69 Å². The molecule has 9 heteroatoms. The third-order valence-corrected chi connectivity index (χ3v) is 5.31. The average Bonchev–Trinajstić information content (AvgIpc) is 3.08. The Labute approximate surface area is 189 Å². The second-order valence-corrected chi connectivity index (χ2v) is 7.88. The number of benzene rings is 2. The number of carbonyl (C=O) groups excluding carboxylic acids is 2. The van der Waals surface area contributed by atoms with Gasteiger partial charge in [-0.15, -0.1) is 0 Å². The maximum absolute atomic E-state index is 12.4. The summed E-state index contributed by atoms with van der Waals surface area (Å²) in [6.45, 7) is 3.70. The van der Waals surface area contributed by atoms with E-state index in [1.165, 1.54) is 18.9 Å². The first-order valence-electron chi connectivity index (χ1n) is 9.41. The van der Waals surface area contributed by atoms with Gasteiger partial charge in [-0.3, -0.25) is 4.79 Å². The molecular weight excluding hydrogens is 440 g/mol. The number of aryl methyl sites for hydroxylation is 1. The Hall–Kier alpha value is -2.97. The highest BCUT2D eigenvalue weighted by Gasteiger charge is 2.24. The van der Waals surface area contributed by atoms with Crippen LogP contribution in [0.25, 0.3) is 6.08 Å². The molecule has 31 heavy (non-hydrogen) atoms. The minimum atomic E-state index is -0.461. The zero-order valence-corrected chi connectivity index (χ0v) is 18.8. The highest BCUT2D eigenvalue weighted by Crippen LogP contribution is 2.33. The van der Waals surface area contributed by atoms with Gasteiger partial charge in [0.25, 0.3) is 5.91 Å². The average molecular weight is 461 g/mol. The van der Waals surface area contributed by atoms with Crippen LogP contribution in [0.15, 0.2) is 46.3 Å². The second-order valence-electron chi connectivity index (χ2n) is 6.42. The summed E-state index contributed by atoms with van der Waals surface area (Å²) in [5.74, 6) is 0.143. The van der Waals surface area contributed by atoms with E-state index < -0.39 is 5.97 Å². The first kappa shape index (κ1) is 22.7.